The number of nitro benzene ring substituents is 1. The molecule has 18 heavy (non-hydrogen) atoms. The highest BCUT2D eigenvalue weighted by molar-refractivity contribution is 9.10. The van der Waals surface area contributed by atoms with E-state index in [0.717, 1.165) is 5.56 Å². The Morgan fingerprint density at radius 1 is 1.28 bits per heavy atom. The zero-order chi connectivity index (χ0) is 13.5. The fraction of sp³-hybridized carbons (Fsp3) is 0.455. The van der Waals surface area contributed by atoms with Gasteiger partial charge in [-0.1, -0.05) is 6.07 Å². The largest absolute Gasteiger partial charge is 0.395 e. The van der Waals surface area contributed by atoms with Gasteiger partial charge in [-0.2, -0.15) is 0 Å². The van der Waals surface area contributed by atoms with E-state index >= 15 is 0 Å². The molecule has 0 unspecified atom stereocenters. The van der Waals surface area contributed by atoms with Crippen LogP contribution in [0.5, 0.6) is 0 Å². The lowest BCUT2D eigenvalue weighted by Gasteiger charge is -2.20. The Labute approximate surface area is 113 Å². The maximum Gasteiger partial charge on any atom is 0.283 e. The highest BCUT2D eigenvalue weighted by Crippen LogP contribution is 2.26. The Kier molecular flexibility index (Phi) is 6.20. The Hall–Kier alpha value is -1.02. The molecule has 6 nitrogen and oxygen atoms in total. The van der Waals surface area contributed by atoms with Gasteiger partial charge in [-0.15, -0.1) is 0 Å². The summed E-state index contributed by atoms with van der Waals surface area (Å²) in [5, 5.41) is 28.6. The second-order valence-electron chi connectivity index (χ2n) is 3.77. The molecule has 1 rings (SSSR count). The zero-order valence-corrected chi connectivity index (χ0v) is 11.3. The molecule has 0 radical (unpaired) electrons. The molecule has 0 spiro atoms. The molecule has 1 aromatic carbocycles. The van der Waals surface area contributed by atoms with Crippen molar-refractivity contribution < 1.29 is 15.1 Å². The van der Waals surface area contributed by atoms with Crippen LogP contribution in [0.15, 0.2) is 22.7 Å². The second kappa shape index (κ2) is 7.42. The molecule has 0 bridgehead atoms. The number of rotatable bonds is 7. The van der Waals surface area contributed by atoms with Crippen molar-refractivity contribution in [1.82, 2.24) is 4.90 Å². The summed E-state index contributed by atoms with van der Waals surface area (Å²) in [4.78, 5) is 12.2. The summed E-state index contributed by atoms with van der Waals surface area (Å²) in [5.41, 5.74) is 0.784. The van der Waals surface area contributed by atoms with Crippen molar-refractivity contribution in [3.63, 3.8) is 0 Å². The maximum absolute atomic E-state index is 10.8. The van der Waals surface area contributed by atoms with Gasteiger partial charge in [0.05, 0.1) is 22.6 Å². The first-order valence-electron chi connectivity index (χ1n) is 5.45. The molecule has 0 amide bonds. The van der Waals surface area contributed by atoms with Crippen molar-refractivity contribution in [2.75, 3.05) is 26.3 Å². The molecule has 0 saturated carbocycles. The van der Waals surface area contributed by atoms with Gasteiger partial charge in [0.25, 0.3) is 5.69 Å². The van der Waals surface area contributed by atoms with E-state index in [-0.39, 0.29) is 18.9 Å². The molecule has 1 aromatic rings. The van der Waals surface area contributed by atoms with Crippen LogP contribution < -0.4 is 0 Å². The summed E-state index contributed by atoms with van der Waals surface area (Å²) in [7, 11) is 0. The number of benzene rings is 1. The summed E-state index contributed by atoms with van der Waals surface area (Å²) in [6, 6.07) is 4.90. The molecule has 0 aliphatic rings. The van der Waals surface area contributed by atoms with Crippen LogP contribution in [0.2, 0.25) is 0 Å². The Bertz CT molecular complexity index is 408. The van der Waals surface area contributed by atoms with Gasteiger partial charge in [-0.25, -0.2) is 0 Å². The zero-order valence-electron chi connectivity index (χ0n) is 9.75. The van der Waals surface area contributed by atoms with E-state index in [0.29, 0.717) is 24.1 Å². The Morgan fingerprint density at radius 3 is 2.39 bits per heavy atom. The first-order valence-corrected chi connectivity index (χ1v) is 6.24. The van der Waals surface area contributed by atoms with Gasteiger partial charge >= 0.3 is 0 Å². The average Bonchev–Trinajstić information content (AvgIpc) is 2.32. The molecular weight excluding hydrogens is 304 g/mol. The molecule has 0 atom stereocenters. The number of nitro groups is 1. The number of nitrogens with zero attached hydrogens (tertiary/aromatic N) is 2. The van der Waals surface area contributed by atoms with E-state index in [9.17, 15) is 10.1 Å². The van der Waals surface area contributed by atoms with E-state index in [2.05, 4.69) is 15.9 Å². The van der Waals surface area contributed by atoms with Crippen LogP contribution in [0.25, 0.3) is 0 Å². The topological polar surface area (TPSA) is 86.8 Å². The van der Waals surface area contributed by atoms with E-state index < -0.39 is 4.92 Å². The second-order valence-corrected chi connectivity index (χ2v) is 4.62. The van der Waals surface area contributed by atoms with E-state index in [1.165, 1.54) is 6.07 Å². The normalized spacial score (nSPS) is 10.9. The number of halogens is 1. The molecule has 100 valence electrons. The predicted molar refractivity (Wildman–Crippen MR) is 70.2 cm³/mol. The monoisotopic (exact) mass is 318 g/mol. The lowest BCUT2D eigenvalue weighted by Crippen LogP contribution is -2.29. The third kappa shape index (κ3) is 4.34. The maximum atomic E-state index is 10.8. The molecular formula is C11H15BrN2O4. The van der Waals surface area contributed by atoms with Crippen molar-refractivity contribution in [1.29, 1.82) is 0 Å². The predicted octanol–water partition coefficient (Wildman–Crippen LogP) is 1.14. The highest BCUT2D eigenvalue weighted by Gasteiger charge is 2.13. The number of aliphatic hydroxyl groups excluding tert-OH is 2. The first-order chi connectivity index (χ1) is 8.58. The molecule has 0 heterocycles. The van der Waals surface area contributed by atoms with Crippen molar-refractivity contribution >= 4 is 21.6 Å². The Morgan fingerprint density at radius 2 is 1.89 bits per heavy atom. The van der Waals surface area contributed by atoms with Gasteiger partial charge in [0.2, 0.25) is 0 Å². The van der Waals surface area contributed by atoms with Crippen LogP contribution in [-0.4, -0.2) is 46.3 Å². The Balaban J connectivity index is 2.82. The summed E-state index contributed by atoms with van der Waals surface area (Å²) >= 11 is 3.12. The smallest absolute Gasteiger partial charge is 0.283 e. The van der Waals surface area contributed by atoms with Gasteiger partial charge < -0.3 is 10.2 Å². The standard InChI is InChI=1S/C11H15BrN2O4/c12-10-2-1-9(7-11(10)14(17)18)8-13(3-5-15)4-6-16/h1-2,7,15-16H,3-6,8H2. The van der Waals surface area contributed by atoms with Gasteiger partial charge in [0.15, 0.2) is 0 Å². The van der Waals surface area contributed by atoms with Gasteiger partial charge in [-0.3, -0.25) is 15.0 Å². The SMILES string of the molecule is O=[N+]([O-])c1cc(CN(CCO)CCO)ccc1Br. The average molecular weight is 319 g/mol. The van der Waals surface area contributed by atoms with Crippen LogP contribution >= 0.6 is 15.9 Å². The number of aliphatic hydroxyl groups is 2. The summed E-state index contributed by atoms with van der Waals surface area (Å²) in [5.74, 6) is 0. The molecule has 0 aromatic heterocycles. The van der Waals surface area contributed by atoms with Gasteiger partial charge in [-0.05, 0) is 27.6 Å². The number of hydrogen-bond donors (Lipinski definition) is 2. The van der Waals surface area contributed by atoms with Gasteiger partial charge in [0, 0.05) is 25.7 Å². The van der Waals surface area contributed by atoms with Crippen LogP contribution in [0.1, 0.15) is 5.56 Å². The van der Waals surface area contributed by atoms with E-state index in [4.69, 9.17) is 10.2 Å². The van der Waals surface area contributed by atoms with Crippen LogP contribution in [0, 0.1) is 10.1 Å². The van der Waals surface area contributed by atoms with Crippen LogP contribution in [0.4, 0.5) is 5.69 Å². The fourth-order valence-corrected chi connectivity index (χ4v) is 2.00. The van der Waals surface area contributed by atoms with Crippen molar-refractivity contribution in [3.05, 3.63) is 38.3 Å². The third-order valence-electron chi connectivity index (χ3n) is 2.45. The minimum Gasteiger partial charge on any atom is -0.395 e. The van der Waals surface area contributed by atoms with Crippen molar-refractivity contribution in [2.24, 2.45) is 0 Å². The lowest BCUT2D eigenvalue weighted by molar-refractivity contribution is -0.385. The molecule has 0 saturated heterocycles. The van der Waals surface area contributed by atoms with E-state index in [1.807, 2.05) is 4.90 Å². The third-order valence-corrected chi connectivity index (χ3v) is 3.12. The summed E-state index contributed by atoms with van der Waals surface area (Å²) in [6.07, 6.45) is 0. The minimum absolute atomic E-state index is 0.0143. The van der Waals surface area contributed by atoms with Crippen molar-refractivity contribution in [2.45, 2.75) is 6.54 Å². The fourth-order valence-electron chi connectivity index (χ4n) is 1.61. The molecule has 0 aliphatic carbocycles. The molecule has 2 N–H and O–H groups in total. The van der Waals surface area contributed by atoms with Crippen LogP contribution in [0.3, 0.4) is 0 Å². The number of hydrogen-bond acceptors (Lipinski definition) is 5. The van der Waals surface area contributed by atoms with Crippen molar-refractivity contribution in [3.8, 4) is 0 Å². The first kappa shape index (κ1) is 15.0. The van der Waals surface area contributed by atoms with Crippen LogP contribution in [-0.2, 0) is 6.54 Å². The summed E-state index contributed by atoms with van der Waals surface area (Å²) in [6.45, 7) is 1.27. The molecule has 0 aliphatic heterocycles. The quantitative estimate of drug-likeness (QED) is 0.581. The van der Waals surface area contributed by atoms with E-state index in [1.54, 1.807) is 12.1 Å². The molecule has 7 heteroatoms. The lowest BCUT2D eigenvalue weighted by atomic mass is 10.2. The minimum atomic E-state index is -0.448. The summed E-state index contributed by atoms with van der Waals surface area (Å²) < 4.78 is 0.437. The molecule has 0 fully saturated rings. The highest BCUT2D eigenvalue weighted by atomic mass is 79.9. The van der Waals surface area contributed by atoms with Gasteiger partial charge in [0.1, 0.15) is 0 Å².